The lowest BCUT2D eigenvalue weighted by Gasteiger charge is -1.64. The molecular weight excluding hydrogens is 136 g/mol. The first kappa shape index (κ1) is 15.8. The molecule has 1 N–H and O–H groups in total. The highest BCUT2D eigenvalue weighted by Gasteiger charge is 1.73. The zero-order chi connectivity index (χ0) is 8.99. The molecule has 0 spiro atoms. The molecule has 10 heavy (non-hydrogen) atoms. The minimum atomic E-state index is -0.981. The highest BCUT2D eigenvalue weighted by Crippen LogP contribution is 1.54. The second-order valence-electron chi connectivity index (χ2n) is 0.626. The Labute approximate surface area is 59.2 Å². The Bertz CT molecular complexity index is 111. The van der Waals surface area contributed by atoms with Crippen LogP contribution in [0.4, 0.5) is 0 Å². The summed E-state index contributed by atoms with van der Waals surface area (Å²) >= 11 is 0. The van der Waals surface area contributed by atoms with Gasteiger partial charge in [-0.3, -0.25) is 0 Å². The Morgan fingerprint density at radius 2 is 1.60 bits per heavy atom. The second kappa shape index (κ2) is 25.6. The highest BCUT2D eigenvalue weighted by molar-refractivity contribution is 5.78. The first-order valence-corrected chi connectivity index (χ1v) is 2.53. The van der Waals surface area contributed by atoms with E-state index in [1.54, 1.807) is 0 Å². The number of hydrogen-bond donors (Lipinski definition) is 1. The molecule has 4 nitrogen and oxygen atoms in total. The maximum Gasteiger partial charge on any atom is 0.373 e. The van der Waals surface area contributed by atoms with E-state index in [2.05, 4.69) is 6.58 Å². The number of carbonyl (C=O) groups excluding carboxylic acids is 2. The molecule has 4 heteroatoms. The van der Waals surface area contributed by atoms with Gasteiger partial charge in [-0.15, -0.1) is 0 Å². The first-order valence-electron chi connectivity index (χ1n) is 2.53. The van der Waals surface area contributed by atoms with Gasteiger partial charge in [0.25, 0.3) is 0 Å². The normalized spacial score (nSPS) is 4.60. The van der Waals surface area contributed by atoms with E-state index >= 15 is 0 Å². The third kappa shape index (κ3) is 592. The van der Waals surface area contributed by atoms with E-state index in [9.17, 15) is 4.79 Å². The van der Waals surface area contributed by atoms with Crippen molar-refractivity contribution in [3.05, 3.63) is 12.7 Å². The smallest absolute Gasteiger partial charge is 0.373 e. The molecule has 0 fully saturated rings. The summed E-state index contributed by atoms with van der Waals surface area (Å²) in [5.74, 6) is -0.981. The maximum atomic E-state index is 9.25. The van der Waals surface area contributed by atoms with Crippen LogP contribution < -0.4 is 0 Å². The number of carboxylic acid groups (broad SMARTS) is 1. The van der Waals surface area contributed by atoms with Gasteiger partial charge in [0, 0.05) is 6.08 Å². The van der Waals surface area contributed by atoms with Crippen LogP contribution in [0.2, 0.25) is 0 Å². The Morgan fingerprint density at radius 3 is 1.60 bits per heavy atom. The molecule has 0 saturated carbocycles. The van der Waals surface area contributed by atoms with Crippen molar-refractivity contribution in [3.8, 4) is 0 Å². The number of aliphatic carboxylic acids is 1. The topological polar surface area (TPSA) is 71.4 Å². The summed E-state index contributed by atoms with van der Waals surface area (Å²) in [5.41, 5.74) is 0. The standard InChI is InChI=1S/C3H4O2.C2H6.CO2/c1-2-3(4)5;1-2;2-1-3/h2H,1H2,(H,4,5);1-2H3;. The van der Waals surface area contributed by atoms with Crippen LogP contribution in [0.1, 0.15) is 13.8 Å². The van der Waals surface area contributed by atoms with E-state index in [0.717, 1.165) is 6.08 Å². The molecule has 0 saturated heterocycles. The molecule has 0 aromatic carbocycles. The van der Waals surface area contributed by atoms with E-state index < -0.39 is 5.97 Å². The van der Waals surface area contributed by atoms with Crippen LogP contribution in [-0.2, 0) is 14.4 Å². The van der Waals surface area contributed by atoms with Crippen molar-refractivity contribution in [2.45, 2.75) is 13.8 Å². The van der Waals surface area contributed by atoms with Gasteiger partial charge >= 0.3 is 12.1 Å². The number of rotatable bonds is 1. The summed E-state index contributed by atoms with van der Waals surface area (Å²) < 4.78 is 0. The fourth-order valence-electron chi connectivity index (χ4n) is 0. The van der Waals surface area contributed by atoms with Crippen LogP contribution in [-0.4, -0.2) is 17.2 Å². The average molecular weight is 146 g/mol. The van der Waals surface area contributed by atoms with Crippen LogP contribution in [0, 0.1) is 0 Å². The lowest BCUT2D eigenvalue weighted by Crippen LogP contribution is -1.82. The monoisotopic (exact) mass is 146 g/mol. The predicted molar refractivity (Wildman–Crippen MR) is 34.2 cm³/mol. The predicted octanol–water partition coefficient (Wildman–Crippen LogP) is 0.700. The van der Waals surface area contributed by atoms with Gasteiger partial charge in [0.05, 0.1) is 0 Å². The molecule has 0 heterocycles. The van der Waals surface area contributed by atoms with E-state index in [1.165, 1.54) is 0 Å². The summed E-state index contributed by atoms with van der Waals surface area (Å²) in [6.45, 7) is 6.96. The zero-order valence-corrected chi connectivity index (χ0v) is 5.96. The van der Waals surface area contributed by atoms with E-state index in [4.69, 9.17) is 14.7 Å². The molecular formula is C6H10O4. The van der Waals surface area contributed by atoms with Gasteiger partial charge in [0.2, 0.25) is 0 Å². The molecule has 0 aromatic rings. The second-order valence-corrected chi connectivity index (χ2v) is 0.626. The summed E-state index contributed by atoms with van der Waals surface area (Å²) in [5, 5.41) is 7.60. The molecule has 0 radical (unpaired) electrons. The molecule has 58 valence electrons. The van der Waals surface area contributed by atoms with Crippen molar-refractivity contribution in [1.82, 2.24) is 0 Å². The maximum absolute atomic E-state index is 9.25. The van der Waals surface area contributed by atoms with Gasteiger partial charge in [-0.1, -0.05) is 20.4 Å². The minimum absolute atomic E-state index is 0.250. The SMILES string of the molecule is C=CC(=O)O.CC.O=C=O. The van der Waals surface area contributed by atoms with Gasteiger partial charge in [0.1, 0.15) is 0 Å². The van der Waals surface area contributed by atoms with E-state index in [-0.39, 0.29) is 6.15 Å². The van der Waals surface area contributed by atoms with Gasteiger partial charge < -0.3 is 5.11 Å². The quantitative estimate of drug-likeness (QED) is 0.552. The number of hydrogen-bond acceptors (Lipinski definition) is 3. The Kier molecular flexibility index (Phi) is 40.5. The van der Waals surface area contributed by atoms with Crippen LogP contribution in [0.25, 0.3) is 0 Å². The zero-order valence-electron chi connectivity index (χ0n) is 5.96. The third-order valence-corrected chi connectivity index (χ3v) is 0.175. The van der Waals surface area contributed by atoms with Crippen LogP contribution >= 0.6 is 0 Å². The summed E-state index contributed by atoms with van der Waals surface area (Å²) in [6.07, 6.45) is 1.08. The van der Waals surface area contributed by atoms with Crippen LogP contribution in [0.3, 0.4) is 0 Å². The molecule has 0 aliphatic rings. The minimum Gasteiger partial charge on any atom is -0.478 e. The number of carbonyl (C=O) groups is 1. The summed E-state index contributed by atoms with van der Waals surface area (Å²) in [6, 6.07) is 0. The molecule has 0 aromatic heterocycles. The van der Waals surface area contributed by atoms with Crippen LogP contribution in [0.5, 0.6) is 0 Å². The summed E-state index contributed by atoms with van der Waals surface area (Å²) in [4.78, 5) is 25.5. The molecule has 0 aliphatic heterocycles. The van der Waals surface area contributed by atoms with Crippen molar-refractivity contribution in [2.75, 3.05) is 0 Å². The van der Waals surface area contributed by atoms with Gasteiger partial charge in [-0.25, -0.2) is 4.79 Å². The lowest BCUT2D eigenvalue weighted by atomic mass is 10.7. The fourth-order valence-corrected chi connectivity index (χ4v) is 0. The van der Waals surface area contributed by atoms with Gasteiger partial charge in [-0.05, 0) is 0 Å². The molecule has 0 atom stereocenters. The van der Waals surface area contributed by atoms with E-state index in [1.807, 2.05) is 13.8 Å². The van der Waals surface area contributed by atoms with Crippen molar-refractivity contribution >= 4 is 12.1 Å². The molecule has 0 amide bonds. The van der Waals surface area contributed by atoms with Crippen molar-refractivity contribution < 1.29 is 19.5 Å². The molecule has 0 bridgehead atoms. The van der Waals surface area contributed by atoms with E-state index in [0.29, 0.717) is 0 Å². The van der Waals surface area contributed by atoms with Gasteiger partial charge in [-0.2, -0.15) is 9.59 Å². The average Bonchev–Trinajstić information content (AvgIpc) is 1.94. The van der Waals surface area contributed by atoms with Crippen LogP contribution in [0.15, 0.2) is 12.7 Å². The Morgan fingerprint density at radius 1 is 1.50 bits per heavy atom. The highest BCUT2D eigenvalue weighted by atomic mass is 16.4. The molecule has 0 unspecified atom stereocenters. The Hall–Kier alpha value is -1.41. The largest absolute Gasteiger partial charge is 0.478 e. The molecule has 0 rings (SSSR count). The first-order chi connectivity index (χ1) is 4.68. The Balaban J connectivity index is -0.0000000847. The van der Waals surface area contributed by atoms with Crippen molar-refractivity contribution in [2.24, 2.45) is 0 Å². The third-order valence-electron chi connectivity index (χ3n) is 0.175. The van der Waals surface area contributed by atoms with Gasteiger partial charge in [0.15, 0.2) is 0 Å². The number of carboxylic acids is 1. The fraction of sp³-hybridized carbons (Fsp3) is 0.333. The summed E-state index contributed by atoms with van der Waals surface area (Å²) in [7, 11) is 0. The van der Waals surface area contributed by atoms with Crippen molar-refractivity contribution in [3.63, 3.8) is 0 Å². The lowest BCUT2D eigenvalue weighted by molar-refractivity contribution is -0.191. The van der Waals surface area contributed by atoms with Crippen molar-refractivity contribution in [1.29, 1.82) is 0 Å². The molecule has 0 aliphatic carbocycles.